The molecule has 3 aliphatic carbocycles. The fourth-order valence-corrected chi connectivity index (χ4v) is 6.09. The van der Waals surface area contributed by atoms with E-state index in [9.17, 15) is 14.4 Å². The molecule has 0 radical (unpaired) electrons. The van der Waals surface area contributed by atoms with E-state index in [-0.39, 0.29) is 40.4 Å². The first-order valence-electron chi connectivity index (χ1n) is 8.71. The Kier molecular flexibility index (Phi) is 2.90. The average Bonchev–Trinajstić information content (AvgIpc) is 2.77. The average molecular weight is 303 g/mol. The van der Waals surface area contributed by atoms with E-state index >= 15 is 0 Å². The summed E-state index contributed by atoms with van der Waals surface area (Å²) < 4.78 is 0. The van der Waals surface area contributed by atoms with E-state index in [4.69, 9.17) is 0 Å². The first kappa shape index (κ1) is 14.4. The molecule has 6 atom stereocenters. The number of piperidine rings is 1. The lowest BCUT2D eigenvalue weighted by Gasteiger charge is -2.58. The van der Waals surface area contributed by atoms with Crippen molar-refractivity contribution in [3.05, 3.63) is 0 Å². The third-order valence-electron chi connectivity index (χ3n) is 7.62. The summed E-state index contributed by atoms with van der Waals surface area (Å²) >= 11 is 0. The largest absolute Gasteiger partial charge is 0.352 e. The maximum atomic E-state index is 12.8. The van der Waals surface area contributed by atoms with Crippen LogP contribution in [0.4, 0.5) is 0 Å². The van der Waals surface area contributed by atoms with Crippen molar-refractivity contribution in [1.29, 1.82) is 0 Å². The molecule has 0 bridgehead atoms. The van der Waals surface area contributed by atoms with Crippen molar-refractivity contribution in [3.8, 4) is 0 Å². The Morgan fingerprint density at radius 1 is 1.00 bits per heavy atom. The minimum atomic E-state index is -0.286. The summed E-state index contributed by atoms with van der Waals surface area (Å²) in [5, 5.41) is 3.16. The van der Waals surface area contributed by atoms with E-state index < -0.39 is 0 Å². The molecule has 4 rings (SSSR count). The van der Waals surface area contributed by atoms with Gasteiger partial charge in [0.15, 0.2) is 0 Å². The lowest BCUT2D eigenvalue weighted by atomic mass is 9.49. The van der Waals surface area contributed by atoms with Crippen LogP contribution in [0.25, 0.3) is 0 Å². The van der Waals surface area contributed by atoms with E-state index in [0.717, 1.165) is 25.7 Å². The molecule has 4 aliphatic rings. The number of amides is 1. The van der Waals surface area contributed by atoms with E-state index in [1.165, 1.54) is 0 Å². The second-order valence-electron chi connectivity index (χ2n) is 8.47. The molecule has 1 saturated heterocycles. The number of rotatable bonds is 0. The lowest BCUT2D eigenvalue weighted by Crippen LogP contribution is -2.65. The Hall–Kier alpha value is -1.19. The second-order valence-corrected chi connectivity index (χ2v) is 8.47. The van der Waals surface area contributed by atoms with Crippen molar-refractivity contribution in [1.82, 2.24) is 5.32 Å². The van der Waals surface area contributed by atoms with Gasteiger partial charge in [0.05, 0.1) is 0 Å². The van der Waals surface area contributed by atoms with Gasteiger partial charge in [0.25, 0.3) is 0 Å². The molecule has 4 heteroatoms. The van der Waals surface area contributed by atoms with Crippen LogP contribution in [0, 0.1) is 28.6 Å². The molecule has 0 aromatic heterocycles. The number of ketones is 2. The third kappa shape index (κ3) is 1.67. The standard InChI is InChI=1S/C18H25NO3/c1-17-7-5-10(20)9-13(17)19-16(22)15-11-3-4-14(21)18(11,2)8-6-12(15)17/h11-13,15H,3-9H2,1-2H3,(H,19,22)/t11-,12-,13?,15-,17+,18-/m0/s1. The summed E-state index contributed by atoms with van der Waals surface area (Å²) in [6.07, 6.45) is 5.40. The number of hydrogen-bond acceptors (Lipinski definition) is 3. The zero-order valence-corrected chi connectivity index (χ0v) is 13.5. The molecular formula is C18H25NO3. The maximum Gasteiger partial charge on any atom is 0.223 e. The van der Waals surface area contributed by atoms with Gasteiger partial charge >= 0.3 is 0 Å². The SMILES string of the molecule is C[C@]12CCC(=O)CC1NC(=O)[C@@H]1[C@@H]2CC[C@]2(C)C(=O)CC[C@@H]12. The molecule has 120 valence electrons. The molecule has 1 amide bonds. The number of hydrogen-bond donors (Lipinski definition) is 1. The number of Topliss-reactive ketones (excluding diaryl/α,β-unsaturated/α-hetero) is 2. The first-order chi connectivity index (χ1) is 10.4. The Balaban J connectivity index is 1.72. The van der Waals surface area contributed by atoms with Crippen LogP contribution in [0.5, 0.6) is 0 Å². The van der Waals surface area contributed by atoms with E-state index in [1.807, 2.05) is 0 Å². The molecule has 3 saturated carbocycles. The Morgan fingerprint density at radius 2 is 1.77 bits per heavy atom. The van der Waals surface area contributed by atoms with Gasteiger partial charge in [-0.15, -0.1) is 0 Å². The van der Waals surface area contributed by atoms with Crippen LogP contribution in [-0.4, -0.2) is 23.5 Å². The molecule has 4 nitrogen and oxygen atoms in total. The lowest BCUT2D eigenvalue weighted by molar-refractivity contribution is -0.157. The van der Waals surface area contributed by atoms with Gasteiger partial charge in [-0.25, -0.2) is 0 Å². The summed E-state index contributed by atoms with van der Waals surface area (Å²) in [6, 6.07) is 0.00367. The van der Waals surface area contributed by atoms with Gasteiger partial charge in [0.1, 0.15) is 11.6 Å². The minimum Gasteiger partial charge on any atom is -0.352 e. The highest BCUT2D eigenvalue weighted by atomic mass is 16.2. The van der Waals surface area contributed by atoms with E-state index in [2.05, 4.69) is 19.2 Å². The highest BCUT2D eigenvalue weighted by molar-refractivity contribution is 5.90. The molecule has 0 aromatic rings. The van der Waals surface area contributed by atoms with Crippen molar-refractivity contribution in [3.63, 3.8) is 0 Å². The smallest absolute Gasteiger partial charge is 0.223 e. The van der Waals surface area contributed by atoms with Gasteiger partial charge in [-0.05, 0) is 42.9 Å². The van der Waals surface area contributed by atoms with Crippen LogP contribution in [0.15, 0.2) is 0 Å². The highest BCUT2D eigenvalue weighted by Gasteiger charge is 2.63. The zero-order chi connectivity index (χ0) is 15.7. The van der Waals surface area contributed by atoms with E-state index in [0.29, 0.717) is 31.0 Å². The summed E-state index contributed by atoms with van der Waals surface area (Å²) in [5.41, 5.74) is -0.258. The van der Waals surface area contributed by atoms with Gasteiger partial charge in [0, 0.05) is 36.6 Å². The van der Waals surface area contributed by atoms with Gasteiger partial charge in [-0.3, -0.25) is 14.4 Å². The molecule has 1 unspecified atom stereocenters. The van der Waals surface area contributed by atoms with Crippen molar-refractivity contribution in [2.45, 2.75) is 64.8 Å². The maximum absolute atomic E-state index is 12.8. The quantitative estimate of drug-likeness (QED) is 0.746. The third-order valence-corrected chi connectivity index (χ3v) is 7.62. The van der Waals surface area contributed by atoms with Crippen molar-refractivity contribution < 1.29 is 14.4 Å². The number of carbonyl (C=O) groups is 3. The van der Waals surface area contributed by atoms with Crippen molar-refractivity contribution >= 4 is 17.5 Å². The van der Waals surface area contributed by atoms with Crippen LogP contribution in [0.2, 0.25) is 0 Å². The molecule has 0 spiro atoms. The molecule has 1 N–H and O–H groups in total. The van der Waals surface area contributed by atoms with Crippen LogP contribution >= 0.6 is 0 Å². The second kappa shape index (κ2) is 4.42. The van der Waals surface area contributed by atoms with Gasteiger partial charge in [-0.1, -0.05) is 13.8 Å². The topological polar surface area (TPSA) is 63.2 Å². The number of carbonyl (C=O) groups excluding carboxylic acids is 3. The monoisotopic (exact) mass is 303 g/mol. The fourth-order valence-electron chi connectivity index (χ4n) is 6.09. The number of nitrogens with one attached hydrogen (secondary N) is 1. The molecule has 1 aliphatic heterocycles. The molecule has 0 aromatic carbocycles. The van der Waals surface area contributed by atoms with Crippen LogP contribution in [0.3, 0.4) is 0 Å². The summed E-state index contributed by atoms with van der Waals surface area (Å²) in [4.78, 5) is 36.9. The Morgan fingerprint density at radius 3 is 2.55 bits per heavy atom. The van der Waals surface area contributed by atoms with Crippen molar-refractivity contribution in [2.24, 2.45) is 28.6 Å². The minimum absolute atomic E-state index is 0.00367. The van der Waals surface area contributed by atoms with Gasteiger partial charge in [-0.2, -0.15) is 0 Å². The summed E-state index contributed by atoms with van der Waals surface area (Å²) in [5.74, 6) is 1.25. The van der Waals surface area contributed by atoms with Crippen molar-refractivity contribution in [2.75, 3.05) is 0 Å². The van der Waals surface area contributed by atoms with E-state index in [1.54, 1.807) is 0 Å². The Labute approximate surface area is 131 Å². The van der Waals surface area contributed by atoms with Gasteiger partial charge in [0.2, 0.25) is 5.91 Å². The summed E-state index contributed by atoms with van der Waals surface area (Å²) in [6.45, 7) is 4.34. The van der Waals surface area contributed by atoms with Crippen LogP contribution < -0.4 is 5.32 Å². The molecule has 1 heterocycles. The molecular weight excluding hydrogens is 278 g/mol. The molecule has 4 fully saturated rings. The predicted octanol–water partition coefficient (Wildman–Crippen LogP) is 2.26. The highest BCUT2D eigenvalue weighted by Crippen LogP contribution is 2.61. The van der Waals surface area contributed by atoms with Crippen LogP contribution in [-0.2, 0) is 14.4 Å². The predicted molar refractivity (Wildman–Crippen MR) is 80.9 cm³/mol. The first-order valence-corrected chi connectivity index (χ1v) is 8.71. The molecule has 22 heavy (non-hydrogen) atoms. The van der Waals surface area contributed by atoms with Crippen LogP contribution in [0.1, 0.15) is 58.8 Å². The number of fused-ring (bicyclic) bond motifs is 5. The zero-order valence-electron chi connectivity index (χ0n) is 13.5. The Bertz CT molecular complexity index is 571. The fraction of sp³-hybridized carbons (Fsp3) is 0.833. The normalized spacial score (nSPS) is 50.9. The summed E-state index contributed by atoms with van der Waals surface area (Å²) in [7, 11) is 0. The van der Waals surface area contributed by atoms with Gasteiger partial charge < -0.3 is 5.32 Å².